The smallest absolute Gasteiger partial charge is 0.243 e. The summed E-state index contributed by atoms with van der Waals surface area (Å²) in [6, 6.07) is 2.15. The molecule has 1 aliphatic rings. The molecule has 0 aromatic heterocycles. The Morgan fingerprint density at radius 1 is 1.47 bits per heavy atom. The van der Waals surface area contributed by atoms with Crippen LogP contribution in [0.3, 0.4) is 0 Å². The van der Waals surface area contributed by atoms with Crippen LogP contribution in [0.2, 0.25) is 0 Å². The summed E-state index contributed by atoms with van der Waals surface area (Å²) in [5.41, 5.74) is 5.73. The summed E-state index contributed by atoms with van der Waals surface area (Å²) >= 11 is 0. The Hall–Kier alpha value is -1.18. The maximum absolute atomic E-state index is 13.6. The van der Waals surface area contributed by atoms with Gasteiger partial charge in [-0.25, -0.2) is 12.8 Å². The average Bonchev–Trinajstić information content (AvgIpc) is 2.34. The monoisotopic (exact) mass is 288 g/mol. The molecule has 1 fully saturated rings. The summed E-state index contributed by atoms with van der Waals surface area (Å²) in [6.07, 6.45) is 0. The van der Waals surface area contributed by atoms with Crippen molar-refractivity contribution in [1.82, 2.24) is 4.31 Å². The highest BCUT2D eigenvalue weighted by molar-refractivity contribution is 7.89. The van der Waals surface area contributed by atoms with Gasteiger partial charge in [-0.05, 0) is 26.0 Å². The first-order chi connectivity index (χ1) is 8.84. The van der Waals surface area contributed by atoms with E-state index in [1.165, 1.54) is 17.3 Å². The lowest BCUT2D eigenvalue weighted by molar-refractivity contribution is 0.0392. The first-order valence-electron chi connectivity index (χ1n) is 5.99. The number of nitrogens with two attached hydrogens (primary N) is 1. The van der Waals surface area contributed by atoms with Crippen LogP contribution in [0.1, 0.15) is 12.5 Å². The van der Waals surface area contributed by atoms with E-state index in [1.807, 2.05) is 0 Å². The van der Waals surface area contributed by atoms with Gasteiger partial charge in [0.1, 0.15) is 5.82 Å². The number of sulfonamides is 1. The lowest BCUT2D eigenvalue weighted by Gasteiger charge is -2.32. The molecule has 0 amide bonds. The molecule has 2 rings (SSSR count). The van der Waals surface area contributed by atoms with Gasteiger partial charge in [-0.2, -0.15) is 4.31 Å². The predicted molar refractivity (Wildman–Crippen MR) is 69.7 cm³/mol. The van der Waals surface area contributed by atoms with Gasteiger partial charge in [0.2, 0.25) is 10.0 Å². The van der Waals surface area contributed by atoms with Crippen molar-refractivity contribution in [1.29, 1.82) is 0 Å². The molecule has 1 saturated heterocycles. The molecule has 19 heavy (non-hydrogen) atoms. The molecule has 1 aromatic carbocycles. The van der Waals surface area contributed by atoms with E-state index in [-0.39, 0.29) is 28.7 Å². The first kappa shape index (κ1) is 14.2. The highest BCUT2D eigenvalue weighted by Gasteiger charge is 2.33. The standard InChI is InChI=1S/C12H17FN2O3S/c1-8-7-18-4-3-15(8)19(16,17)12-6-10(14)5-11(13)9(12)2/h5-6,8H,3-4,7,14H2,1-2H3. The minimum Gasteiger partial charge on any atom is -0.399 e. The van der Waals surface area contributed by atoms with Gasteiger partial charge in [0.05, 0.1) is 18.1 Å². The number of hydrogen-bond donors (Lipinski definition) is 1. The SMILES string of the molecule is Cc1c(F)cc(N)cc1S(=O)(=O)N1CCOCC1C. The number of halogens is 1. The van der Waals surface area contributed by atoms with E-state index >= 15 is 0 Å². The molecular weight excluding hydrogens is 271 g/mol. The van der Waals surface area contributed by atoms with Crippen molar-refractivity contribution in [2.24, 2.45) is 0 Å². The third kappa shape index (κ3) is 2.58. The largest absolute Gasteiger partial charge is 0.399 e. The average molecular weight is 288 g/mol. The van der Waals surface area contributed by atoms with Crippen molar-refractivity contribution in [3.63, 3.8) is 0 Å². The summed E-state index contributed by atoms with van der Waals surface area (Å²) in [4.78, 5) is -0.0706. The topological polar surface area (TPSA) is 72.6 Å². The fourth-order valence-electron chi connectivity index (χ4n) is 2.14. The molecule has 2 N–H and O–H groups in total. The van der Waals surface area contributed by atoms with E-state index in [0.29, 0.717) is 13.2 Å². The Labute approximate surface area is 112 Å². The Morgan fingerprint density at radius 3 is 2.79 bits per heavy atom. The van der Waals surface area contributed by atoms with Crippen LogP contribution in [0, 0.1) is 12.7 Å². The van der Waals surface area contributed by atoms with Crippen LogP contribution in [0.15, 0.2) is 17.0 Å². The van der Waals surface area contributed by atoms with Crippen LogP contribution in [0.25, 0.3) is 0 Å². The van der Waals surface area contributed by atoms with Crippen molar-refractivity contribution < 1.29 is 17.5 Å². The highest BCUT2D eigenvalue weighted by atomic mass is 32.2. The second-order valence-electron chi connectivity index (χ2n) is 4.67. The molecule has 0 saturated carbocycles. The Bertz CT molecular complexity index is 589. The number of anilines is 1. The summed E-state index contributed by atoms with van der Waals surface area (Å²) in [6.45, 7) is 4.14. The summed E-state index contributed by atoms with van der Waals surface area (Å²) in [5, 5.41) is 0. The number of hydrogen-bond acceptors (Lipinski definition) is 4. The molecule has 0 aliphatic carbocycles. The lowest BCUT2D eigenvalue weighted by atomic mass is 10.2. The van der Waals surface area contributed by atoms with E-state index in [9.17, 15) is 12.8 Å². The zero-order chi connectivity index (χ0) is 14.2. The number of nitrogens with zero attached hydrogens (tertiary/aromatic N) is 1. The molecule has 1 aromatic rings. The van der Waals surface area contributed by atoms with E-state index in [0.717, 1.165) is 6.07 Å². The Balaban J connectivity index is 2.50. The summed E-state index contributed by atoms with van der Waals surface area (Å²) in [5.74, 6) is -0.612. The maximum atomic E-state index is 13.6. The maximum Gasteiger partial charge on any atom is 0.243 e. The number of benzene rings is 1. The summed E-state index contributed by atoms with van der Waals surface area (Å²) < 4.78 is 45.3. The molecule has 106 valence electrons. The first-order valence-corrected chi connectivity index (χ1v) is 7.43. The molecule has 0 radical (unpaired) electrons. The normalized spacial score (nSPS) is 21.5. The fraction of sp³-hybridized carbons (Fsp3) is 0.500. The van der Waals surface area contributed by atoms with Gasteiger partial charge >= 0.3 is 0 Å². The molecule has 7 heteroatoms. The number of rotatable bonds is 2. The van der Waals surface area contributed by atoms with Crippen LogP contribution in [-0.4, -0.2) is 38.5 Å². The molecule has 1 heterocycles. The van der Waals surface area contributed by atoms with Gasteiger partial charge in [-0.1, -0.05) is 0 Å². The van der Waals surface area contributed by atoms with Gasteiger partial charge in [0, 0.05) is 23.8 Å². The van der Waals surface area contributed by atoms with Crippen molar-refractivity contribution in [3.05, 3.63) is 23.5 Å². The van der Waals surface area contributed by atoms with Gasteiger partial charge in [0.15, 0.2) is 0 Å². The van der Waals surface area contributed by atoms with Crippen LogP contribution < -0.4 is 5.73 Å². The van der Waals surface area contributed by atoms with E-state index in [1.54, 1.807) is 6.92 Å². The number of nitrogen functional groups attached to an aromatic ring is 1. The number of ether oxygens (including phenoxy) is 1. The minimum atomic E-state index is -3.75. The molecule has 5 nitrogen and oxygen atoms in total. The quantitative estimate of drug-likeness (QED) is 0.828. The van der Waals surface area contributed by atoms with Gasteiger partial charge < -0.3 is 10.5 Å². The van der Waals surface area contributed by atoms with Crippen LogP contribution in [0.4, 0.5) is 10.1 Å². The third-order valence-electron chi connectivity index (χ3n) is 3.21. The zero-order valence-corrected chi connectivity index (χ0v) is 11.7. The van der Waals surface area contributed by atoms with Crippen LogP contribution in [-0.2, 0) is 14.8 Å². The molecule has 1 aliphatic heterocycles. The molecular formula is C12H17FN2O3S. The Kier molecular flexibility index (Phi) is 3.80. The molecule has 0 bridgehead atoms. The van der Waals surface area contributed by atoms with Crippen molar-refractivity contribution in [2.75, 3.05) is 25.5 Å². The minimum absolute atomic E-state index is 0.0706. The zero-order valence-electron chi connectivity index (χ0n) is 10.9. The van der Waals surface area contributed by atoms with Crippen molar-refractivity contribution in [2.45, 2.75) is 24.8 Å². The van der Waals surface area contributed by atoms with E-state index < -0.39 is 15.8 Å². The molecule has 1 unspecified atom stereocenters. The molecule has 1 atom stereocenters. The molecule has 0 spiro atoms. The van der Waals surface area contributed by atoms with E-state index in [4.69, 9.17) is 10.5 Å². The van der Waals surface area contributed by atoms with Gasteiger partial charge in [0.25, 0.3) is 0 Å². The highest BCUT2D eigenvalue weighted by Crippen LogP contribution is 2.27. The lowest BCUT2D eigenvalue weighted by Crippen LogP contribution is -2.47. The second kappa shape index (κ2) is 5.07. The van der Waals surface area contributed by atoms with Crippen LogP contribution in [0.5, 0.6) is 0 Å². The Morgan fingerprint density at radius 2 is 2.16 bits per heavy atom. The van der Waals surface area contributed by atoms with Crippen LogP contribution >= 0.6 is 0 Å². The predicted octanol–water partition coefficient (Wildman–Crippen LogP) is 1.13. The summed E-state index contributed by atoms with van der Waals surface area (Å²) in [7, 11) is -3.75. The third-order valence-corrected chi connectivity index (χ3v) is 5.35. The van der Waals surface area contributed by atoms with E-state index in [2.05, 4.69) is 0 Å². The fourth-order valence-corrected chi connectivity index (χ4v) is 4.01. The second-order valence-corrected chi connectivity index (χ2v) is 6.52. The van der Waals surface area contributed by atoms with Gasteiger partial charge in [-0.15, -0.1) is 0 Å². The van der Waals surface area contributed by atoms with Crippen molar-refractivity contribution >= 4 is 15.7 Å². The van der Waals surface area contributed by atoms with Gasteiger partial charge in [-0.3, -0.25) is 0 Å². The van der Waals surface area contributed by atoms with Crippen molar-refractivity contribution in [3.8, 4) is 0 Å². The number of morpholine rings is 1.